The summed E-state index contributed by atoms with van der Waals surface area (Å²) >= 11 is 0. The van der Waals surface area contributed by atoms with Crippen LogP contribution in [-0.2, 0) is 14.2 Å². The van der Waals surface area contributed by atoms with E-state index in [0.29, 0.717) is 19.3 Å². The van der Waals surface area contributed by atoms with Crippen molar-refractivity contribution >= 4 is 0 Å². The Hall–Kier alpha value is -0.380. The highest BCUT2D eigenvalue weighted by atomic mass is 16.6. The maximum absolute atomic E-state index is 5.85. The van der Waals surface area contributed by atoms with E-state index in [9.17, 15) is 0 Å². The molecule has 0 N–H and O–H groups in total. The van der Waals surface area contributed by atoms with Crippen LogP contribution in [0.4, 0.5) is 0 Å². The van der Waals surface area contributed by atoms with Gasteiger partial charge in [-0.05, 0) is 40.5 Å². The summed E-state index contributed by atoms with van der Waals surface area (Å²) in [6.07, 6.45) is 3.98. The van der Waals surface area contributed by atoms with Crippen LogP contribution in [0.2, 0.25) is 0 Å². The number of hydrogen-bond donors (Lipinski definition) is 0. The largest absolute Gasteiger partial charge is 0.375 e. The van der Waals surface area contributed by atoms with Gasteiger partial charge in [-0.25, -0.2) is 0 Å². The van der Waals surface area contributed by atoms with Crippen molar-refractivity contribution < 1.29 is 14.2 Å². The SMILES string of the molecule is C=CCC(C)(C)OCCC(C)(C)OCC1CO1. The zero-order valence-electron chi connectivity index (χ0n) is 11.6. The molecular weight excluding hydrogens is 216 g/mol. The molecule has 0 amide bonds. The molecule has 1 unspecified atom stereocenters. The van der Waals surface area contributed by atoms with Gasteiger partial charge in [-0.15, -0.1) is 6.58 Å². The van der Waals surface area contributed by atoms with Crippen molar-refractivity contribution in [3.63, 3.8) is 0 Å². The third-order valence-electron chi connectivity index (χ3n) is 2.90. The Morgan fingerprint density at radius 2 is 1.88 bits per heavy atom. The molecule has 3 nitrogen and oxygen atoms in total. The first-order valence-electron chi connectivity index (χ1n) is 6.35. The second-order valence-electron chi connectivity index (χ2n) is 5.88. The van der Waals surface area contributed by atoms with Crippen molar-refractivity contribution in [3.8, 4) is 0 Å². The van der Waals surface area contributed by atoms with Crippen LogP contribution in [0.1, 0.15) is 40.5 Å². The maximum atomic E-state index is 5.85. The Balaban J connectivity index is 2.16. The van der Waals surface area contributed by atoms with Crippen molar-refractivity contribution in [2.24, 2.45) is 0 Å². The van der Waals surface area contributed by atoms with Crippen LogP contribution in [0.3, 0.4) is 0 Å². The van der Waals surface area contributed by atoms with E-state index in [-0.39, 0.29) is 11.2 Å². The summed E-state index contributed by atoms with van der Waals surface area (Å²) in [7, 11) is 0. The summed E-state index contributed by atoms with van der Waals surface area (Å²) in [6.45, 7) is 14.4. The van der Waals surface area contributed by atoms with Gasteiger partial charge in [0.15, 0.2) is 0 Å². The van der Waals surface area contributed by atoms with Crippen molar-refractivity contribution in [3.05, 3.63) is 12.7 Å². The second kappa shape index (κ2) is 5.98. The van der Waals surface area contributed by atoms with Crippen LogP contribution in [-0.4, -0.2) is 37.1 Å². The van der Waals surface area contributed by atoms with E-state index in [2.05, 4.69) is 34.3 Å². The van der Waals surface area contributed by atoms with E-state index in [1.54, 1.807) is 0 Å². The first kappa shape index (κ1) is 14.7. The molecule has 100 valence electrons. The lowest BCUT2D eigenvalue weighted by molar-refractivity contribution is -0.0736. The van der Waals surface area contributed by atoms with Gasteiger partial charge in [0.2, 0.25) is 0 Å². The summed E-state index contributed by atoms with van der Waals surface area (Å²) < 4.78 is 16.8. The zero-order chi connectivity index (χ0) is 12.9. The van der Waals surface area contributed by atoms with Gasteiger partial charge < -0.3 is 14.2 Å². The molecule has 0 aliphatic carbocycles. The fourth-order valence-corrected chi connectivity index (χ4v) is 1.53. The third kappa shape index (κ3) is 6.81. The van der Waals surface area contributed by atoms with Crippen molar-refractivity contribution in [1.29, 1.82) is 0 Å². The molecule has 1 saturated heterocycles. The third-order valence-corrected chi connectivity index (χ3v) is 2.90. The molecule has 0 saturated carbocycles. The smallest absolute Gasteiger partial charge is 0.104 e. The van der Waals surface area contributed by atoms with E-state index >= 15 is 0 Å². The summed E-state index contributed by atoms with van der Waals surface area (Å²) in [6, 6.07) is 0. The van der Waals surface area contributed by atoms with Gasteiger partial charge in [0, 0.05) is 0 Å². The Morgan fingerprint density at radius 1 is 1.24 bits per heavy atom. The molecular formula is C14H26O3. The number of hydrogen-bond acceptors (Lipinski definition) is 3. The van der Waals surface area contributed by atoms with E-state index in [0.717, 1.165) is 19.4 Å². The molecule has 0 radical (unpaired) electrons. The molecule has 0 aromatic heterocycles. The van der Waals surface area contributed by atoms with Gasteiger partial charge in [-0.2, -0.15) is 0 Å². The number of ether oxygens (including phenoxy) is 3. The fraction of sp³-hybridized carbons (Fsp3) is 0.857. The minimum absolute atomic E-state index is 0.128. The molecule has 0 spiro atoms. The first-order chi connectivity index (χ1) is 7.85. The highest BCUT2D eigenvalue weighted by Gasteiger charge is 2.27. The molecule has 0 aromatic rings. The maximum Gasteiger partial charge on any atom is 0.104 e. The second-order valence-corrected chi connectivity index (χ2v) is 5.88. The van der Waals surface area contributed by atoms with Gasteiger partial charge in [0.25, 0.3) is 0 Å². The van der Waals surface area contributed by atoms with Gasteiger partial charge in [-0.3, -0.25) is 0 Å². The van der Waals surface area contributed by atoms with Gasteiger partial charge in [-0.1, -0.05) is 6.08 Å². The van der Waals surface area contributed by atoms with Gasteiger partial charge in [0.05, 0.1) is 31.0 Å². The molecule has 1 aliphatic heterocycles. The quantitative estimate of drug-likeness (QED) is 0.460. The Bertz CT molecular complexity index is 242. The van der Waals surface area contributed by atoms with E-state index in [4.69, 9.17) is 14.2 Å². The summed E-state index contributed by atoms with van der Waals surface area (Å²) in [5.41, 5.74) is -0.270. The first-order valence-corrected chi connectivity index (χ1v) is 6.35. The number of epoxide rings is 1. The van der Waals surface area contributed by atoms with Crippen LogP contribution < -0.4 is 0 Å². The molecule has 0 bridgehead atoms. The lowest BCUT2D eigenvalue weighted by Gasteiger charge is -2.29. The van der Waals surface area contributed by atoms with E-state index in [1.165, 1.54) is 0 Å². The Kier molecular flexibility index (Phi) is 5.17. The van der Waals surface area contributed by atoms with E-state index in [1.807, 2.05) is 6.08 Å². The average molecular weight is 242 g/mol. The predicted molar refractivity (Wildman–Crippen MR) is 69.2 cm³/mol. The average Bonchev–Trinajstić information content (AvgIpc) is 2.97. The van der Waals surface area contributed by atoms with Crippen LogP contribution in [0.25, 0.3) is 0 Å². The highest BCUT2D eigenvalue weighted by Crippen LogP contribution is 2.21. The van der Waals surface area contributed by atoms with Crippen molar-refractivity contribution in [1.82, 2.24) is 0 Å². The van der Waals surface area contributed by atoms with Crippen LogP contribution in [0.5, 0.6) is 0 Å². The summed E-state index contributed by atoms with van der Waals surface area (Å²) in [4.78, 5) is 0. The molecule has 1 heterocycles. The minimum atomic E-state index is -0.143. The molecule has 3 heteroatoms. The van der Waals surface area contributed by atoms with Gasteiger partial charge in [0.1, 0.15) is 6.10 Å². The molecule has 1 atom stereocenters. The molecule has 1 rings (SSSR count). The van der Waals surface area contributed by atoms with Crippen LogP contribution >= 0.6 is 0 Å². The minimum Gasteiger partial charge on any atom is -0.375 e. The summed E-state index contributed by atoms with van der Waals surface area (Å²) in [5, 5.41) is 0. The molecule has 0 aromatic carbocycles. The number of rotatable bonds is 9. The van der Waals surface area contributed by atoms with Gasteiger partial charge >= 0.3 is 0 Å². The topological polar surface area (TPSA) is 31.0 Å². The Labute approximate surface area is 105 Å². The Morgan fingerprint density at radius 3 is 2.41 bits per heavy atom. The lowest BCUT2D eigenvalue weighted by Crippen LogP contribution is -2.31. The monoisotopic (exact) mass is 242 g/mol. The van der Waals surface area contributed by atoms with Crippen molar-refractivity contribution in [2.45, 2.75) is 57.8 Å². The standard InChI is InChI=1S/C14H26O3/c1-6-7-13(2,3)16-9-8-14(4,5)17-11-12-10-15-12/h6,12H,1,7-11H2,2-5H3. The van der Waals surface area contributed by atoms with Crippen molar-refractivity contribution in [2.75, 3.05) is 19.8 Å². The van der Waals surface area contributed by atoms with Crippen LogP contribution in [0.15, 0.2) is 12.7 Å². The molecule has 1 aliphatic rings. The van der Waals surface area contributed by atoms with Crippen LogP contribution in [0, 0.1) is 0 Å². The van der Waals surface area contributed by atoms with E-state index < -0.39 is 0 Å². The normalized spacial score (nSPS) is 20.4. The lowest BCUT2D eigenvalue weighted by atomic mass is 10.0. The molecule has 1 fully saturated rings. The zero-order valence-corrected chi connectivity index (χ0v) is 11.6. The highest BCUT2D eigenvalue weighted by molar-refractivity contribution is 4.81. The fourth-order valence-electron chi connectivity index (χ4n) is 1.53. The summed E-state index contributed by atoms with van der Waals surface area (Å²) in [5.74, 6) is 0. The predicted octanol–water partition coefficient (Wildman–Crippen LogP) is 2.94. The molecule has 17 heavy (non-hydrogen) atoms.